The van der Waals surface area contributed by atoms with Crippen molar-refractivity contribution >= 4 is 38.7 Å². The van der Waals surface area contributed by atoms with E-state index in [1.54, 1.807) is 6.20 Å². The van der Waals surface area contributed by atoms with Gasteiger partial charge in [0.2, 0.25) is 0 Å². The van der Waals surface area contributed by atoms with Gasteiger partial charge >= 0.3 is 0 Å². The molecule has 4 heteroatoms. The monoisotopic (exact) mass is 234 g/mol. The standard InChI is InChI=1S/C14H10N4/c15-12-7-16-11-6-5-10-13(14(11)18-12)8-3-1-2-4-9(8)17-10/h1-7,17H,(H2,15,18). The minimum Gasteiger partial charge on any atom is -0.382 e. The number of nitrogens with two attached hydrogens (primary N) is 1. The van der Waals surface area contributed by atoms with Crippen molar-refractivity contribution in [3.05, 3.63) is 42.6 Å². The lowest BCUT2D eigenvalue weighted by atomic mass is 10.1. The van der Waals surface area contributed by atoms with Crippen LogP contribution in [0.1, 0.15) is 0 Å². The van der Waals surface area contributed by atoms with E-state index >= 15 is 0 Å². The van der Waals surface area contributed by atoms with E-state index in [-0.39, 0.29) is 0 Å². The molecular weight excluding hydrogens is 224 g/mol. The summed E-state index contributed by atoms with van der Waals surface area (Å²) in [4.78, 5) is 12.1. The Balaban J connectivity index is 2.35. The summed E-state index contributed by atoms with van der Waals surface area (Å²) < 4.78 is 0. The minimum atomic E-state index is 0.445. The zero-order valence-corrected chi connectivity index (χ0v) is 9.51. The molecule has 0 spiro atoms. The predicted molar refractivity (Wildman–Crippen MR) is 73.3 cm³/mol. The third-order valence-electron chi connectivity index (χ3n) is 3.20. The van der Waals surface area contributed by atoms with Crippen LogP contribution in [0.5, 0.6) is 0 Å². The molecule has 86 valence electrons. The Hall–Kier alpha value is -2.62. The number of hydrogen-bond acceptors (Lipinski definition) is 3. The molecule has 0 aliphatic carbocycles. The molecule has 2 heterocycles. The van der Waals surface area contributed by atoms with Crippen LogP contribution in [0.3, 0.4) is 0 Å². The third kappa shape index (κ3) is 1.14. The summed E-state index contributed by atoms with van der Waals surface area (Å²) in [5.41, 5.74) is 9.62. The fraction of sp³-hybridized carbons (Fsp3) is 0. The first-order valence-electron chi connectivity index (χ1n) is 5.74. The highest BCUT2D eigenvalue weighted by Crippen LogP contribution is 2.30. The number of rotatable bonds is 0. The van der Waals surface area contributed by atoms with Gasteiger partial charge in [0.15, 0.2) is 0 Å². The molecule has 18 heavy (non-hydrogen) atoms. The lowest BCUT2D eigenvalue weighted by Crippen LogP contribution is -1.92. The second-order valence-corrected chi connectivity index (χ2v) is 4.32. The number of aromatic nitrogens is 3. The lowest BCUT2D eigenvalue weighted by molar-refractivity contribution is 1.31. The first-order chi connectivity index (χ1) is 8.83. The predicted octanol–water partition coefficient (Wildman–Crippen LogP) is 2.85. The minimum absolute atomic E-state index is 0.445. The van der Waals surface area contributed by atoms with Crippen LogP contribution in [0.2, 0.25) is 0 Å². The van der Waals surface area contributed by atoms with Gasteiger partial charge in [-0.1, -0.05) is 18.2 Å². The summed E-state index contributed by atoms with van der Waals surface area (Å²) in [7, 11) is 0. The fourth-order valence-corrected chi connectivity index (χ4v) is 2.42. The molecule has 0 atom stereocenters. The van der Waals surface area contributed by atoms with Crippen molar-refractivity contribution in [2.45, 2.75) is 0 Å². The summed E-state index contributed by atoms with van der Waals surface area (Å²) in [5.74, 6) is 0.445. The molecule has 0 amide bonds. The number of benzene rings is 2. The molecule has 0 saturated heterocycles. The number of nitrogens with zero attached hydrogens (tertiary/aromatic N) is 2. The second kappa shape index (κ2) is 3.20. The second-order valence-electron chi connectivity index (χ2n) is 4.32. The summed E-state index contributed by atoms with van der Waals surface area (Å²) >= 11 is 0. The highest BCUT2D eigenvalue weighted by molar-refractivity contribution is 6.18. The molecule has 0 aliphatic rings. The van der Waals surface area contributed by atoms with Crippen LogP contribution in [0, 0.1) is 0 Å². The molecule has 3 N–H and O–H groups in total. The first-order valence-corrected chi connectivity index (χ1v) is 5.74. The van der Waals surface area contributed by atoms with Crippen LogP contribution < -0.4 is 5.73 Å². The SMILES string of the molecule is Nc1cnc2ccc3[nH]c4ccccc4c3c2n1. The smallest absolute Gasteiger partial charge is 0.142 e. The number of nitrogen functional groups attached to an aromatic ring is 1. The largest absolute Gasteiger partial charge is 0.382 e. The van der Waals surface area contributed by atoms with Crippen molar-refractivity contribution in [1.82, 2.24) is 15.0 Å². The quantitative estimate of drug-likeness (QED) is 0.491. The summed E-state index contributed by atoms with van der Waals surface area (Å²) in [6.07, 6.45) is 1.59. The van der Waals surface area contributed by atoms with Gasteiger partial charge < -0.3 is 10.7 Å². The molecule has 0 fully saturated rings. The highest BCUT2D eigenvalue weighted by Gasteiger charge is 2.09. The number of para-hydroxylation sites is 1. The fourth-order valence-electron chi connectivity index (χ4n) is 2.42. The van der Waals surface area contributed by atoms with Crippen LogP contribution in [0.25, 0.3) is 32.8 Å². The van der Waals surface area contributed by atoms with Gasteiger partial charge in [-0.15, -0.1) is 0 Å². The van der Waals surface area contributed by atoms with Gasteiger partial charge in [0.25, 0.3) is 0 Å². The van der Waals surface area contributed by atoms with Gasteiger partial charge in [0.05, 0.1) is 11.7 Å². The average Bonchev–Trinajstić information content (AvgIpc) is 2.77. The maximum atomic E-state index is 5.74. The highest BCUT2D eigenvalue weighted by atomic mass is 14.9. The molecular formula is C14H10N4. The lowest BCUT2D eigenvalue weighted by Gasteiger charge is -2.00. The molecule has 0 aliphatic heterocycles. The van der Waals surface area contributed by atoms with Crippen molar-refractivity contribution in [3.63, 3.8) is 0 Å². The molecule has 4 aromatic rings. The molecule has 2 aromatic heterocycles. The zero-order chi connectivity index (χ0) is 12.1. The van der Waals surface area contributed by atoms with Gasteiger partial charge in [-0.3, -0.25) is 4.98 Å². The summed E-state index contributed by atoms with van der Waals surface area (Å²) in [6.45, 7) is 0. The van der Waals surface area contributed by atoms with E-state index in [0.717, 1.165) is 32.8 Å². The van der Waals surface area contributed by atoms with E-state index in [0.29, 0.717) is 5.82 Å². The van der Waals surface area contributed by atoms with E-state index < -0.39 is 0 Å². The van der Waals surface area contributed by atoms with Crippen molar-refractivity contribution in [3.8, 4) is 0 Å². The van der Waals surface area contributed by atoms with E-state index in [1.807, 2.05) is 24.3 Å². The van der Waals surface area contributed by atoms with E-state index in [2.05, 4.69) is 27.1 Å². The maximum absolute atomic E-state index is 5.74. The number of fused-ring (bicyclic) bond motifs is 5. The zero-order valence-electron chi connectivity index (χ0n) is 9.51. The average molecular weight is 234 g/mol. The van der Waals surface area contributed by atoms with Crippen LogP contribution in [-0.2, 0) is 0 Å². The molecule has 2 aromatic carbocycles. The Labute approximate surface area is 102 Å². The van der Waals surface area contributed by atoms with Gasteiger partial charge in [0, 0.05) is 21.8 Å². The number of H-pyrrole nitrogens is 1. The molecule has 0 radical (unpaired) electrons. The Morgan fingerprint density at radius 3 is 2.83 bits per heavy atom. The topological polar surface area (TPSA) is 67.6 Å². The van der Waals surface area contributed by atoms with Crippen LogP contribution in [0.4, 0.5) is 5.82 Å². The first kappa shape index (κ1) is 9.41. The van der Waals surface area contributed by atoms with E-state index in [1.165, 1.54) is 0 Å². The Morgan fingerprint density at radius 1 is 1.00 bits per heavy atom. The third-order valence-corrected chi connectivity index (χ3v) is 3.20. The Morgan fingerprint density at radius 2 is 1.89 bits per heavy atom. The van der Waals surface area contributed by atoms with Gasteiger partial charge in [0.1, 0.15) is 11.3 Å². The van der Waals surface area contributed by atoms with Crippen LogP contribution in [0.15, 0.2) is 42.6 Å². The normalized spacial score (nSPS) is 11.6. The molecule has 0 saturated carbocycles. The maximum Gasteiger partial charge on any atom is 0.142 e. The number of hydrogen-bond donors (Lipinski definition) is 2. The summed E-state index contributed by atoms with van der Waals surface area (Å²) in [5, 5.41) is 2.24. The molecule has 4 nitrogen and oxygen atoms in total. The molecule has 0 bridgehead atoms. The molecule has 4 rings (SSSR count). The van der Waals surface area contributed by atoms with E-state index in [4.69, 9.17) is 5.73 Å². The van der Waals surface area contributed by atoms with Crippen molar-refractivity contribution in [2.75, 3.05) is 5.73 Å². The Bertz CT molecular complexity index is 892. The van der Waals surface area contributed by atoms with Crippen molar-refractivity contribution < 1.29 is 0 Å². The van der Waals surface area contributed by atoms with Gasteiger partial charge in [-0.25, -0.2) is 4.98 Å². The van der Waals surface area contributed by atoms with Gasteiger partial charge in [-0.2, -0.15) is 0 Å². The van der Waals surface area contributed by atoms with Crippen LogP contribution >= 0.6 is 0 Å². The van der Waals surface area contributed by atoms with Crippen molar-refractivity contribution in [1.29, 1.82) is 0 Å². The number of nitrogens with one attached hydrogen (secondary N) is 1. The Kier molecular flexibility index (Phi) is 1.67. The van der Waals surface area contributed by atoms with Gasteiger partial charge in [-0.05, 0) is 18.2 Å². The van der Waals surface area contributed by atoms with E-state index in [9.17, 15) is 0 Å². The number of anilines is 1. The summed E-state index contributed by atoms with van der Waals surface area (Å²) in [6, 6.07) is 12.2. The van der Waals surface area contributed by atoms with Crippen molar-refractivity contribution in [2.24, 2.45) is 0 Å². The van der Waals surface area contributed by atoms with Crippen LogP contribution in [-0.4, -0.2) is 15.0 Å². The number of aromatic amines is 1. The molecule has 0 unspecified atom stereocenters.